The Hall–Kier alpha value is -1.09. The van der Waals surface area contributed by atoms with Crippen molar-refractivity contribution >= 4 is 9.84 Å². The van der Waals surface area contributed by atoms with Gasteiger partial charge in [0.15, 0.2) is 9.84 Å². The molecule has 2 rings (SSSR count). The van der Waals surface area contributed by atoms with Crippen LogP contribution in [0.15, 0.2) is 47.4 Å². The normalized spacial score (nSPS) is 26.4. The van der Waals surface area contributed by atoms with Gasteiger partial charge in [-0.05, 0) is 43.2 Å². The Kier molecular flexibility index (Phi) is 3.86. The monoisotopic (exact) mass is 278 g/mol. The Balaban J connectivity index is 2.28. The Bertz CT molecular complexity index is 558. The molecule has 1 saturated carbocycles. The van der Waals surface area contributed by atoms with Crippen molar-refractivity contribution in [1.82, 2.24) is 0 Å². The molecular weight excluding hydrogens is 256 g/mol. The molecule has 0 spiro atoms. The van der Waals surface area contributed by atoms with Gasteiger partial charge in [0.1, 0.15) is 0 Å². The van der Waals surface area contributed by atoms with Gasteiger partial charge in [-0.2, -0.15) is 0 Å². The lowest BCUT2D eigenvalue weighted by Crippen LogP contribution is -2.12. The SMILES string of the molecule is C=C(C)CC1C(C(C)C)C1S(=O)(=O)c1ccccc1. The number of hydrogen-bond donors (Lipinski definition) is 0. The van der Waals surface area contributed by atoms with Crippen molar-refractivity contribution in [2.75, 3.05) is 0 Å². The van der Waals surface area contributed by atoms with E-state index >= 15 is 0 Å². The zero-order valence-electron chi connectivity index (χ0n) is 11.8. The third-order valence-electron chi connectivity index (χ3n) is 3.94. The molecule has 0 saturated heterocycles. The van der Waals surface area contributed by atoms with Gasteiger partial charge in [-0.1, -0.05) is 37.6 Å². The fourth-order valence-electron chi connectivity index (χ4n) is 3.10. The lowest BCUT2D eigenvalue weighted by atomic mass is 10.0. The van der Waals surface area contributed by atoms with Crippen LogP contribution in [0.25, 0.3) is 0 Å². The summed E-state index contributed by atoms with van der Waals surface area (Å²) in [5.74, 6) is 0.900. The van der Waals surface area contributed by atoms with E-state index in [0.29, 0.717) is 10.8 Å². The van der Waals surface area contributed by atoms with E-state index in [2.05, 4.69) is 20.4 Å². The minimum Gasteiger partial charge on any atom is -0.223 e. The fraction of sp³-hybridized carbons (Fsp3) is 0.500. The molecular formula is C16H22O2S. The van der Waals surface area contributed by atoms with Gasteiger partial charge in [0.2, 0.25) is 0 Å². The summed E-state index contributed by atoms with van der Waals surface area (Å²) in [7, 11) is -3.20. The molecule has 0 bridgehead atoms. The quantitative estimate of drug-likeness (QED) is 0.770. The molecule has 1 aliphatic rings. The third-order valence-corrected chi connectivity index (χ3v) is 6.25. The number of rotatable bonds is 5. The van der Waals surface area contributed by atoms with E-state index in [1.54, 1.807) is 24.3 Å². The predicted octanol–water partition coefficient (Wildman–Crippen LogP) is 3.70. The van der Waals surface area contributed by atoms with Crippen LogP contribution in [0.2, 0.25) is 0 Å². The van der Waals surface area contributed by atoms with Gasteiger partial charge < -0.3 is 0 Å². The maximum Gasteiger partial charge on any atom is 0.181 e. The van der Waals surface area contributed by atoms with Crippen molar-refractivity contribution in [3.05, 3.63) is 42.5 Å². The summed E-state index contributed by atoms with van der Waals surface area (Å²) >= 11 is 0. The molecule has 1 aliphatic carbocycles. The van der Waals surface area contributed by atoms with Crippen molar-refractivity contribution in [3.63, 3.8) is 0 Å². The van der Waals surface area contributed by atoms with Crippen LogP contribution in [0.1, 0.15) is 27.2 Å². The molecule has 3 heteroatoms. The van der Waals surface area contributed by atoms with Crippen LogP contribution in [0, 0.1) is 17.8 Å². The summed E-state index contributed by atoms with van der Waals surface area (Å²) < 4.78 is 25.3. The minimum atomic E-state index is -3.20. The first-order valence-electron chi connectivity index (χ1n) is 6.79. The van der Waals surface area contributed by atoms with E-state index in [4.69, 9.17) is 0 Å². The second kappa shape index (κ2) is 5.12. The first-order valence-corrected chi connectivity index (χ1v) is 8.33. The molecule has 3 unspecified atom stereocenters. The molecule has 19 heavy (non-hydrogen) atoms. The molecule has 1 aromatic rings. The van der Waals surface area contributed by atoms with Crippen LogP contribution in [-0.4, -0.2) is 13.7 Å². The molecule has 2 nitrogen and oxygen atoms in total. The highest BCUT2D eigenvalue weighted by molar-refractivity contribution is 7.92. The van der Waals surface area contributed by atoms with Crippen LogP contribution >= 0.6 is 0 Å². The van der Waals surface area contributed by atoms with Gasteiger partial charge in [0.25, 0.3) is 0 Å². The summed E-state index contributed by atoms with van der Waals surface area (Å²) in [6.45, 7) is 10.1. The molecule has 0 aliphatic heterocycles. The van der Waals surface area contributed by atoms with E-state index < -0.39 is 9.84 Å². The van der Waals surface area contributed by atoms with Crippen LogP contribution in [0.3, 0.4) is 0 Å². The van der Waals surface area contributed by atoms with Crippen molar-refractivity contribution in [1.29, 1.82) is 0 Å². The van der Waals surface area contributed by atoms with E-state index in [9.17, 15) is 8.42 Å². The average Bonchev–Trinajstić information content (AvgIpc) is 3.04. The second-order valence-corrected chi connectivity index (χ2v) is 8.07. The van der Waals surface area contributed by atoms with Gasteiger partial charge in [0, 0.05) is 0 Å². The van der Waals surface area contributed by atoms with E-state index in [1.807, 2.05) is 13.0 Å². The van der Waals surface area contributed by atoms with Crippen LogP contribution in [0.4, 0.5) is 0 Å². The number of sulfone groups is 1. The van der Waals surface area contributed by atoms with Gasteiger partial charge in [-0.25, -0.2) is 8.42 Å². The first-order chi connectivity index (χ1) is 8.85. The largest absolute Gasteiger partial charge is 0.223 e. The fourth-order valence-corrected chi connectivity index (χ4v) is 5.53. The summed E-state index contributed by atoms with van der Waals surface area (Å²) in [5.41, 5.74) is 1.07. The van der Waals surface area contributed by atoms with Crippen molar-refractivity contribution in [2.45, 2.75) is 37.3 Å². The molecule has 0 amide bonds. The molecule has 0 heterocycles. The van der Waals surface area contributed by atoms with Gasteiger partial charge in [0.05, 0.1) is 10.1 Å². The van der Waals surface area contributed by atoms with Crippen molar-refractivity contribution < 1.29 is 8.42 Å². The molecule has 1 aromatic carbocycles. The maximum atomic E-state index is 12.7. The van der Waals surface area contributed by atoms with Crippen molar-refractivity contribution in [3.8, 4) is 0 Å². The number of hydrogen-bond acceptors (Lipinski definition) is 2. The predicted molar refractivity (Wildman–Crippen MR) is 78.7 cm³/mol. The lowest BCUT2D eigenvalue weighted by Gasteiger charge is -2.05. The molecule has 1 fully saturated rings. The summed E-state index contributed by atoms with van der Waals surface area (Å²) in [5, 5.41) is -0.230. The Morgan fingerprint density at radius 2 is 1.84 bits per heavy atom. The summed E-state index contributed by atoms with van der Waals surface area (Å²) in [6, 6.07) is 8.81. The smallest absolute Gasteiger partial charge is 0.181 e. The topological polar surface area (TPSA) is 34.1 Å². The highest BCUT2D eigenvalue weighted by Gasteiger charge is 2.58. The van der Waals surface area contributed by atoms with E-state index in [-0.39, 0.29) is 17.1 Å². The molecule has 3 atom stereocenters. The summed E-state index contributed by atoms with van der Waals surface area (Å²) in [6.07, 6.45) is 0.819. The third kappa shape index (κ3) is 2.76. The standard InChI is InChI=1S/C16H22O2S/c1-11(2)10-14-15(12(3)4)16(14)19(17,18)13-8-6-5-7-9-13/h5-9,12,14-16H,1,10H2,2-4H3. The van der Waals surface area contributed by atoms with Crippen LogP contribution in [-0.2, 0) is 9.84 Å². The highest BCUT2D eigenvalue weighted by Crippen LogP contribution is 2.53. The summed E-state index contributed by atoms with van der Waals surface area (Å²) in [4.78, 5) is 0.454. The van der Waals surface area contributed by atoms with Crippen molar-refractivity contribution in [2.24, 2.45) is 17.8 Å². The Labute approximate surface area is 116 Å². The molecule has 104 valence electrons. The Morgan fingerprint density at radius 3 is 2.32 bits per heavy atom. The van der Waals surface area contributed by atoms with Gasteiger partial charge in [-0.3, -0.25) is 0 Å². The molecule has 0 radical (unpaired) electrons. The zero-order chi connectivity index (χ0) is 14.2. The maximum absolute atomic E-state index is 12.7. The Morgan fingerprint density at radius 1 is 1.26 bits per heavy atom. The minimum absolute atomic E-state index is 0.230. The zero-order valence-corrected chi connectivity index (χ0v) is 12.7. The van der Waals surface area contributed by atoms with E-state index in [1.165, 1.54) is 0 Å². The van der Waals surface area contributed by atoms with Crippen LogP contribution < -0.4 is 0 Å². The highest BCUT2D eigenvalue weighted by atomic mass is 32.2. The van der Waals surface area contributed by atoms with Crippen LogP contribution in [0.5, 0.6) is 0 Å². The van der Waals surface area contributed by atoms with E-state index in [0.717, 1.165) is 12.0 Å². The lowest BCUT2D eigenvalue weighted by molar-refractivity contribution is 0.514. The first kappa shape index (κ1) is 14.3. The second-order valence-electron chi connectivity index (χ2n) is 5.97. The van der Waals surface area contributed by atoms with Gasteiger partial charge >= 0.3 is 0 Å². The van der Waals surface area contributed by atoms with Gasteiger partial charge in [-0.15, -0.1) is 6.58 Å². The molecule has 0 N–H and O–H groups in total. The average molecular weight is 278 g/mol. The number of allylic oxidation sites excluding steroid dienone is 1. The number of benzene rings is 1. The molecule has 0 aromatic heterocycles.